The second-order valence-electron chi connectivity index (χ2n) is 3.99. The quantitative estimate of drug-likeness (QED) is 0.420. The number of hydrogen-bond acceptors (Lipinski definition) is 5. The third-order valence-electron chi connectivity index (χ3n) is 2.95. The van der Waals surface area contributed by atoms with Gasteiger partial charge in [0.2, 0.25) is 0 Å². The van der Waals surface area contributed by atoms with Gasteiger partial charge in [0.25, 0.3) is 0 Å². The van der Waals surface area contributed by atoms with Crippen molar-refractivity contribution < 1.29 is 52.7 Å². The maximum Gasteiger partial charge on any atom is 1.00 e. The number of aromatic hydroxyl groups is 1. The normalized spacial score (nSPS) is 23.6. The number of aliphatic hydroxyl groups is 1. The van der Waals surface area contributed by atoms with E-state index in [1.165, 1.54) is 6.07 Å². The summed E-state index contributed by atoms with van der Waals surface area (Å²) in [5.41, 5.74) is 1.11. The monoisotopic (exact) mass is 266 g/mol. The number of phenolic OH excluding ortho intramolecular Hbond substituents is 1. The van der Waals surface area contributed by atoms with Crippen LogP contribution in [-0.2, 0) is 23.0 Å². The summed E-state index contributed by atoms with van der Waals surface area (Å²) < 4.78 is 32.8. The Labute approximate surface area is 122 Å². The van der Waals surface area contributed by atoms with E-state index in [-0.39, 0.29) is 54.6 Å². The van der Waals surface area contributed by atoms with Gasteiger partial charge < -0.3 is 14.8 Å². The number of hydrogen-bond donors (Lipinski definition) is 2. The first-order valence-corrected chi connectivity index (χ1v) is 6.22. The van der Waals surface area contributed by atoms with Gasteiger partial charge in [0, 0.05) is 12.0 Å². The number of phenols is 1. The third kappa shape index (κ3) is 2.67. The van der Waals surface area contributed by atoms with E-state index in [2.05, 4.69) is 0 Å². The first-order valence-electron chi connectivity index (χ1n) is 4.81. The fraction of sp³-hybridized carbons (Fsp3) is 0.400. The number of fused-ring (bicyclic) bond motifs is 1. The number of benzene rings is 1. The number of aryl methyl sites for hydroxylation is 1. The van der Waals surface area contributed by atoms with Crippen LogP contribution >= 0.6 is 0 Å². The molecule has 0 radical (unpaired) electrons. The summed E-state index contributed by atoms with van der Waals surface area (Å²) in [6.07, 6.45) is -0.210. The maximum absolute atomic E-state index is 10.9. The molecule has 5 nitrogen and oxygen atoms in total. The summed E-state index contributed by atoms with van der Waals surface area (Å²) in [7, 11) is -4.79. The second-order valence-corrected chi connectivity index (χ2v) is 5.66. The molecular weight excluding hydrogens is 255 g/mol. The molecule has 0 heterocycles. The first-order chi connectivity index (χ1) is 7.33. The minimum Gasteiger partial charge on any atom is -0.746 e. The van der Waals surface area contributed by atoms with Crippen molar-refractivity contribution in [3.8, 4) is 5.75 Å². The van der Waals surface area contributed by atoms with Crippen molar-refractivity contribution in [1.82, 2.24) is 0 Å². The van der Waals surface area contributed by atoms with Gasteiger partial charge in [0.1, 0.15) is 15.9 Å². The Bertz CT molecular complexity index is 527. The molecule has 1 atom stereocenters. The minimum atomic E-state index is -4.79. The number of rotatable bonds is 1. The molecule has 1 aliphatic rings. The zero-order valence-corrected chi connectivity index (χ0v) is 12.2. The van der Waals surface area contributed by atoms with Crippen LogP contribution in [0.1, 0.15) is 17.5 Å². The van der Waals surface area contributed by atoms with Crippen molar-refractivity contribution in [3.63, 3.8) is 0 Å². The van der Waals surface area contributed by atoms with Crippen molar-refractivity contribution in [2.45, 2.75) is 24.2 Å². The standard InChI is InChI=1S/C10H12O5S.Na/c11-9-3-1-2-7-4-5-10(12,6-8(7)9)16(13,14)15;/h1-3,11-12H,4-6H2,(H,13,14,15);/q;+1/p-1. The molecule has 0 fully saturated rings. The molecule has 0 saturated heterocycles. The molecule has 2 rings (SSSR count). The van der Waals surface area contributed by atoms with Crippen molar-refractivity contribution >= 4 is 10.1 Å². The van der Waals surface area contributed by atoms with Crippen LogP contribution < -0.4 is 29.6 Å². The van der Waals surface area contributed by atoms with E-state index in [0.29, 0.717) is 5.56 Å². The van der Waals surface area contributed by atoms with E-state index in [4.69, 9.17) is 0 Å². The summed E-state index contributed by atoms with van der Waals surface area (Å²) in [6.45, 7) is 0. The Morgan fingerprint density at radius 1 is 1.35 bits per heavy atom. The van der Waals surface area contributed by atoms with Gasteiger partial charge in [0.05, 0.1) is 0 Å². The smallest absolute Gasteiger partial charge is 0.746 e. The Morgan fingerprint density at radius 2 is 2.00 bits per heavy atom. The molecule has 0 saturated carbocycles. The van der Waals surface area contributed by atoms with Crippen LogP contribution in [0.25, 0.3) is 0 Å². The molecule has 0 bridgehead atoms. The molecule has 0 amide bonds. The van der Waals surface area contributed by atoms with Crippen molar-refractivity contribution in [2.75, 3.05) is 0 Å². The molecule has 2 N–H and O–H groups in total. The van der Waals surface area contributed by atoms with E-state index in [1.54, 1.807) is 12.1 Å². The molecule has 1 aliphatic carbocycles. The fourth-order valence-electron chi connectivity index (χ4n) is 1.97. The Morgan fingerprint density at radius 3 is 2.59 bits per heavy atom. The van der Waals surface area contributed by atoms with Gasteiger partial charge >= 0.3 is 29.6 Å². The summed E-state index contributed by atoms with van der Waals surface area (Å²) in [5.74, 6) is -0.0840. The Balaban J connectivity index is 0.00000144. The Kier molecular flexibility index (Phi) is 4.28. The average Bonchev–Trinajstić information content (AvgIpc) is 2.18. The van der Waals surface area contributed by atoms with Gasteiger partial charge in [-0.15, -0.1) is 0 Å². The Hall–Kier alpha value is -0.110. The van der Waals surface area contributed by atoms with Gasteiger partial charge in [-0.1, -0.05) is 12.1 Å². The summed E-state index contributed by atoms with van der Waals surface area (Å²) in [4.78, 5) is -2.29. The first kappa shape index (κ1) is 14.9. The molecule has 88 valence electrons. The van der Waals surface area contributed by atoms with E-state index in [9.17, 15) is 23.2 Å². The van der Waals surface area contributed by atoms with Gasteiger partial charge in [-0.25, -0.2) is 8.42 Å². The minimum absolute atomic E-state index is 0. The van der Waals surface area contributed by atoms with E-state index >= 15 is 0 Å². The average molecular weight is 266 g/mol. The molecule has 1 unspecified atom stereocenters. The van der Waals surface area contributed by atoms with E-state index in [1.807, 2.05) is 0 Å². The zero-order valence-electron chi connectivity index (χ0n) is 9.38. The predicted octanol–water partition coefficient (Wildman–Crippen LogP) is -2.88. The summed E-state index contributed by atoms with van der Waals surface area (Å²) in [6, 6.07) is 4.79. The van der Waals surface area contributed by atoms with Gasteiger partial charge in [-0.3, -0.25) is 0 Å². The van der Waals surface area contributed by atoms with Crippen LogP contribution in [-0.4, -0.2) is 28.1 Å². The molecule has 0 aromatic heterocycles. The van der Waals surface area contributed by atoms with Crippen LogP contribution in [0.5, 0.6) is 5.75 Å². The third-order valence-corrected chi connectivity index (χ3v) is 4.23. The summed E-state index contributed by atoms with van der Waals surface area (Å²) in [5, 5.41) is 19.3. The predicted molar refractivity (Wildman–Crippen MR) is 54.8 cm³/mol. The van der Waals surface area contributed by atoms with Crippen LogP contribution in [0.3, 0.4) is 0 Å². The molecule has 0 spiro atoms. The van der Waals surface area contributed by atoms with E-state index in [0.717, 1.165) is 5.56 Å². The van der Waals surface area contributed by atoms with Gasteiger partial charge in [-0.2, -0.15) is 0 Å². The van der Waals surface area contributed by atoms with Crippen LogP contribution in [0.4, 0.5) is 0 Å². The molecule has 1 aromatic rings. The molecule has 0 aliphatic heterocycles. The van der Waals surface area contributed by atoms with Crippen molar-refractivity contribution in [1.29, 1.82) is 0 Å². The zero-order chi connectivity index (χ0) is 12.0. The molecule has 1 aromatic carbocycles. The van der Waals surface area contributed by atoms with Crippen LogP contribution in [0, 0.1) is 0 Å². The van der Waals surface area contributed by atoms with Crippen LogP contribution in [0.2, 0.25) is 0 Å². The van der Waals surface area contributed by atoms with Crippen LogP contribution in [0.15, 0.2) is 18.2 Å². The fourth-order valence-corrected chi connectivity index (χ4v) is 2.64. The molecule has 17 heavy (non-hydrogen) atoms. The SMILES string of the molecule is O=S(=O)([O-])C1(O)CCc2cccc(O)c2C1.[Na+]. The van der Waals surface area contributed by atoms with Crippen molar-refractivity contribution in [3.05, 3.63) is 29.3 Å². The van der Waals surface area contributed by atoms with Gasteiger partial charge in [0.15, 0.2) is 4.93 Å². The second kappa shape index (κ2) is 4.87. The van der Waals surface area contributed by atoms with E-state index < -0.39 is 15.1 Å². The largest absolute Gasteiger partial charge is 1.00 e. The molecule has 7 heteroatoms. The van der Waals surface area contributed by atoms with Crippen molar-refractivity contribution in [2.24, 2.45) is 0 Å². The summed E-state index contributed by atoms with van der Waals surface area (Å²) >= 11 is 0. The molecular formula is C10H11NaO5S. The topological polar surface area (TPSA) is 97.7 Å². The van der Waals surface area contributed by atoms with Gasteiger partial charge in [-0.05, 0) is 24.5 Å². The maximum atomic E-state index is 10.9.